The van der Waals surface area contributed by atoms with Gasteiger partial charge in [0.15, 0.2) is 0 Å². The van der Waals surface area contributed by atoms with Crippen molar-refractivity contribution in [3.8, 4) is 0 Å². The van der Waals surface area contributed by atoms with Crippen LogP contribution in [-0.2, 0) is 13.2 Å². The van der Waals surface area contributed by atoms with E-state index < -0.39 is 0 Å². The van der Waals surface area contributed by atoms with Crippen LogP contribution in [0, 0.1) is 5.92 Å². The highest BCUT2D eigenvalue weighted by Crippen LogP contribution is 2.09. The first kappa shape index (κ1) is 13.2. The van der Waals surface area contributed by atoms with Gasteiger partial charge in [-0.3, -0.25) is 0 Å². The summed E-state index contributed by atoms with van der Waals surface area (Å²) in [7, 11) is 0. The van der Waals surface area contributed by atoms with E-state index in [1.54, 1.807) is 0 Å². The van der Waals surface area contributed by atoms with Crippen molar-refractivity contribution in [3.05, 3.63) is 35.4 Å². The molecule has 0 aliphatic heterocycles. The summed E-state index contributed by atoms with van der Waals surface area (Å²) in [6.07, 6.45) is 2.45. The highest BCUT2D eigenvalue weighted by molar-refractivity contribution is 5.26. The minimum absolute atomic E-state index is 0.128. The summed E-state index contributed by atoms with van der Waals surface area (Å²) in [5.41, 5.74) is 2.23. The molecule has 0 radical (unpaired) electrons. The van der Waals surface area contributed by atoms with E-state index in [2.05, 4.69) is 25.2 Å². The average molecular weight is 221 g/mol. The Morgan fingerprint density at radius 1 is 1.12 bits per heavy atom. The van der Waals surface area contributed by atoms with Crippen molar-refractivity contribution in [3.63, 3.8) is 0 Å². The monoisotopic (exact) mass is 221 g/mol. The van der Waals surface area contributed by atoms with Gasteiger partial charge in [0, 0.05) is 6.54 Å². The molecule has 0 spiro atoms. The fourth-order valence-corrected chi connectivity index (χ4v) is 1.87. The van der Waals surface area contributed by atoms with E-state index in [1.165, 1.54) is 18.4 Å². The van der Waals surface area contributed by atoms with Crippen molar-refractivity contribution in [1.82, 2.24) is 5.32 Å². The van der Waals surface area contributed by atoms with E-state index in [1.807, 2.05) is 18.2 Å². The van der Waals surface area contributed by atoms with E-state index in [0.29, 0.717) is 0 Å². The maximum atomic E-state index is 9.19. The van der Waals surface area contributed by atoms with Crippen LogP contribution >= 0.6 is 0 Å². The lowest BCUT2D eigenvalue weighted by atomic mass is 10.0. The minimum atomic E-state index is 0.128. The molecule has 0 heterocycles. The second kappa shape index (κ2) is 7.42. The minimum Gasteiger partial charge on any atom is -0.392 e. The molecule has 0 saturated heterocycles. The van der Waals surface area contributed by atoms with E-state index >= 15 is 0 Å². The van der Waals surface area contributed by atoms with Crippen molar-refractivity contribution in [2.75, 3.05) is 6.54 Å². The van der Waals surface area contributed by atoms with Crippen molar-refractivity contribution in [1.29, 1.82) is 0 Å². The lowest BCUT2D eigenvalue weighted by Crippen LogP contribution is -2.22. The quantitative estimate of drug-likeness (QED) is 0.742. The van der Waals surface area contributed by atoms with Crippen LogP contribution in [0.15, 0.2) is 24.3 Å². The first-order valence-corrected chi connectivity index (χ1v) is 6.20. The fraction of sp³-hybridized carbons (Fsp3) is 0.571. The molecule has 2 N–H and O–H groups in total. The number of nitrogens with one attached hydrogen (secondary N) is 1. The van der Waals surface area contributed by atoms with Crippen LogP contribution in [0.1, 0.15) is 37.8 Å². The van der Waals surface area contributed by atoms with Gasteiger partial charge in [0.2, 0.25) is 0 Å². The second-order valence-electron chi connectivity index (χ2n) is 4.24. The molecule has 1 aromatic carbocycles. The molecule has 90 valence electrons. The molecule has 1 aromatic rings. The number of rotatable bonds is 7. The number of aliphatic hydroxyl groups is 1. The van der Waals surface area contributed by atoms with Crippen LogP contribution in [-0.4, -0.2) is 11.7 Å². The van der Waals surface area contributed by atoms with E-state index in [9.17, 15) is 5.11 Å². The van der Waals surface area contributed by atoms with Crippen LogP contribution in [0.5, 0.6) is 0 Å². The molecule has 0 aliphatic carbocycles. The summed E-state index contributed by atoms with van der Waals surface area (Å²) in [6, 6.07) is 8.04. The molecule has 16 heavy (non-hydrogen) atoms. The summed E-state index contributed by atoms with van der Waals surface area (Å²) >= 11 is 0. The third kappa shape index (κ3) is 3.95. The Balaban J connectivity index is 2.42. The summed E-state index contributed by atoms with van der Waals surface area (Å²) in [4.78, 5) is 0. The Morgan fingerprint density at radius 3 is 2.31 bits per heavy atom. The molecule has 0 aromatic heterocycles. The molecule has 2 nitrogen and oxygen atoms in total. The van der Waals surface area contributed by atoms with Gasteiger partial charge in [-0.05, 0) is 23.6 Å². The number of benzene rings is 1. The molecule has 2 heteroatoms. The predicted octanol–water partition coefficient (Wildman–Crippen LogP) is 2.70. The molecule has 0 bridgehead atoms. The standard InChI is InChI=1S/C14H23NO/c1-3-12(4-2)9-15-10-13-7-5-6-8-14(13)11-16/h5-8,12,15-16H,3-4,9-11H2,1-2H3. The summed E-state index contributed by atoms with van der Waals surface area (Å²) in [5, 5.41) is 12.7. The molecule has 0 fully saturated rings. The van der Waals surface area contributed by atoms with Crippen LogP contribution in [0.2, 0.25) is 0 Å². The number of hydrogen-bond acceptors (Lipinski definition) is 2. The normalized spacial score (nSPS) is 11.0. The molecule has 1 rings (SSSR count). The zero-order chi connectivity index (χ0) is 11.8. The number of aliphatic hydroxyl groups excluding tert-OH is 1. The maximum absolute atomic E-state index is 9.19. The maximum Gasteiger partial charge on any atom is 0.0685 e. The van der Waals surface area contributed by atoms with Crippen LogP contribution < -0.4 is 5.32 Å². The van der Waals surface area contributed by atoms with Gasteiger partial charge in [-0.1, -0.05) is 51.0 Å². The summed E-state index contributed by atoms with van der Waals surface area (Å²) < 4.78 is 0. The summed E-state index contributed by atoms with van der Waals surface area (Å²) in [5.74, 6) is 0.765. The van der Waals surface area contributed by atoms with Gasteiger partial charge < -0.3 is 10.4 Å². The van der Waals surface area contributed by atoms with E-state index in [0.717, 1.165) is 24.6 Å². The second-order valence-corrected chi connectivity index (χ2v) is 4.24. The van der Waals surface area contributed by atoms with Crippen LogP contribution in [0.3, 0.4) is 0 Å². The highest BCUT2D eigenvalue weighted by atomic mass is 16.3. The van der Waals surface area contributed by atoms with Gasteiger partial charge >= 0.3 is 0 Å². The Labute approximate surface area is 98.7 Å². The lowest BCUT2D eigenvalue weighted by Gasteiger charge is -2.14. The van der Waals surface area contributed by atoms with Crippen LogP contribution in [0.25, 0.3) is 0 Å². The molecular formula is C14H23NO. The van der Waals surface area contributed by atoms with Crippen LogP contribution in [0.4, 0.5) is 0 Å². The third-order valence-corrected chi connectivity index (χ3v) is 3.19. The Morgan fingerprint density at radius 2 is 1.75 bits per heavy atom. The van der Waals surface area contributed by atoms with E-state index in [-0.39, 0.29) is 6.61 Å². The zero-order valence-corrected chi connectivity index (χ0v) is 10.4. The predicted molar refractivity (Wildman–Crippen MR) is 68.1 cm³/mol. The van der Waals surface area contributed by atoms with Gasteiger partial charge in [0.05, 0.1) is 6.61 Å². The van der Waals surface area contributed by atoms with Gasteiger partial charge in [-0.25, -0.2) is 0 Å². The smallest absolute Gasteiger partial charge is 0.0685 e. The Bertz CT molecular complexity index is 295. The first-order valence-electron chi connectivity index (χ1n) is 6.20. The van der Waals surface area contributed by atoms with Crippen molar-refractivity contribution in [2.45, 2.75) is 39.8 Å². The summed E-state index contributed by atoms with van der Waals surface area (Å²) in [6.45, 7) is 6.51. The van der Waals surface area contributed by atoms with Gasteiger partial charge in [-0.2, -0.15) is 0 Å². The molecule has 0 amide bonds. The first-order chi connectivity index (χ1) is 7.81. The largest absolute Gasteiger partial charge is 0.392 e. The molecular weight excluding hydrogens is 198 g/mol. The van der Waals surface area contributed by atoms with Crippen molar-refractivity contribution >= 4 is 0 Å². The molecule has 0 unspecified atom stereocenters. The topological polar surface area (TPSA) is 32.3 Å². The van der Waals surface area contributed by atoms with Gasteiger partial charge in [0.1, 0.15) is 0 Å². The van der Waals surface area contributed by atoms with Crippen molar-refractivity contribution < 1.29 is 5.11 Å². The van der Waals surface area contributed by atoms with Gasteiger partial charge in [0.25, 0.3) is 0 Å². The van der Waals surface area contributed by atoms with Crippen molar-refractivity contribution in [2.24, 2.45) is 5.92 Å². The Hall–Kier alpha value is -0.860. The molecule has 0 saturated carbocycles. The fourth-order valence-electron chi connectivity index (χ4n) is 1.87. The number of hydrogen-bond donors (Lipinski definition) is 2. The van der Waals surface area contributed by atoms with E-state index in [4.69, 9.17) is 0 Å². The van der Waals surface area contributed by atoms with Gasteiger partial charge in [-0.15, -0.1) is 0 Å². The Kier molecular flexibility index (Phi) is 6.12. The lowest BCUT2D eigenvalue weighted by molar-refractivity contribution is 0.280. The molecule has 0 atom stereocenters. The highest BCUT2D eigenvalue weighted by Gasteiger charge is 2.04. The zero-order valence-electron chi connectivity index (χ0n) is 10.4. The SMILES string of the molecule is CCC(CC)CNCc1ccccc1CO. The third-order valence-electron chi connectivity index (χ3n) is 3.19. The average Bonchev–Trinajstić information content (AvgIpc) is 2.35. The molecule has 0 aliphatic rings.